The molecule has 8 heteroatoms. The Morgan fingerprint density at radius 2 is 2.00 bits per heavy atom. The van der Waals surface area contributed by atoms with E-state index < -0.39 is 27.3 Å². The molecule has 2 rings (SSSR count). The lowest BCUT2D eigenvalue weighted by Gasteiger charge is -2.33. The zero-order valence-corrected chi connectivity index (χ0v) is 12.2. The summed E-state index contributed by atoms with van der Waals surface area (Å²) in [6.45, 7) is 1.82. The molecule has 1 aliphatic rings. The Balaban J connectivity index is 2.39. The van der Waals surface area contributed by atoms with E-state index in [4.69, 9.17) is 4.74 Å². The largest absolute Gasteiger partial charge is 0.480 e. The van der Waals surface area contributed by atoms with Crippen LogP contribution in [0.5, 0.6) is 0 Å². The van der Waals surface area contributed by atoms with Gasteiger partial charge in [-0.25, -0.2) is 12.8 Å². The molecule has 1 heterocycles. The molecule has 0 radical (unpaired) electrons. The van der Waals surface area contributed by atoms with Gasteiger partial charge in [0.15, 0.2) is 0 Å². The number of aryl methyl sites for hydroxylation is 1. The minimum Gasteiger partial charge on any atom is -0.480 e. The topological polar surface area (TPSA) is 92.7 Å². The Morgan fingerprint density at radius 3 is 2.57 bits per heavy atom. The van der Waals surface area contributed by atoms with Crippen molar-refractivity contribution in [2.75, 3.05) is 13.2 Å². The molecule has 6 nitrogen and oxygen atoms in total. The molecule has 1 aromatic carbocycles. The van der Waals surface area contributed by atoms with E-state index in [0.717, 1.165) is 12.1 Å². The van der Waals surface area contributed by atoms with Gasteiger partial charge in [-0.3, -0.25) is 4.79 Å². The normalized spacial score (nSPS) is 18.4. The maximum absolute atomic E-state index is 13.3. The van der Waals surface area contributed by atoms with Crippen molar-refractivity contribution in [2.45, 2.75) is 30.2 Å². The number of ether oxygens (including phenoxy) is 1. The van der Waals surface area contributed by atoms with E-state index in [2.05, 4.69) is 4.72 Å². The molecule has 21 heavy (non-hydrogen) atoms. The molecule has 0 spiro atoms. The van der Waals surface area contributed by atoms with E-state index in [-0.39, 0.29) is 31.0 Å². The Kier molecular flexibility index (Phi) is 4.31. The molecular formula is C13H16FNO5S. The molecular weight excluding hydrogens is 301 g/mol. The fourth-order valence-corrected chi connectivity index (χ4v) is 3.93. The van der Waals surface area contributed by atoms with Gasteiger partial charge < -0.3 is 9.84 Å². The van der Waals surface area contributed by atoms with Gasteiger partial charge in [-0.15, -0.1) is 0 Å². The summed E-state index contributed by atoms with van der Waals surface area (Å²) in [6.07, 6.45) is 0.0475. The van der Waals surface area contributed by atoms with Crippen LogP contribution in [0.4, 0.5) is 4.39 Å². The van der Waals surface area contributed by atoms with Gasteiger partial charge in [0.05, 0.1) is 4.90 Å². The van der Waals surface area contributed by atoms with Crippen molar-refractivity contribution in [1.82, 2.24) is 4.72 Å². The number of carboxylic acid groups (broad SMARTS) is 1. The predicted octanol–water partition coefficient (Wildman–Crippen LogP) is 1.05. The second-order valence-corrected chi connectivity index (χ2v) is 6.67. The smallest absolute Gasteiger partial charge is 0.325 e. The summed E-state index contributed by atoms with van der Waals surface area (Å²) in [7, 11) is -4.14. The Morgan fingerprint density at radius 1 is 1.38 bits per heavy atom. The average molecular weight is 317 g/mol. The van der Waals surface area contributed by atoms with Crippen LogP contribution in [0.2, 0.25) is 0 Å². The zero-order chi connectivity index (χ0) is 15.7. The fraction of sp³-hybridized carbons (Fsp3) is 0.462. The standard InChI is InChI=1S/C13H16FNO5S/c1-9-2-3-10(14)8-11(9)21(18,19)15-13(12(16)17)4-6-20-7-5-13/h2-3,8,15H,4-7H2,1H3,(H,16,17). The lowest BCUT2D eigenvalue weighted by atomic mass is 9.92. The molecule has 0 unspecified atom stereocenters. The van der Waals surface area contributed by atoms with Crippen molar-refractivity contribution in [1.29, 1.82) is 0 Å². The summed E-state index contributed by atoms with van der Waals surface area (Å²) < 4.78 is 45.4. The van der Waals surface area contributed by atoms with Crippen molar-refractivity contribution in [3.05, 3.63) is 29.6 Å². The fourth-order valence-electron chi connectivity index (χ4n) is 2.26. The molecule has 1 aliphatic heterocycles. The third kappa shape index (κ3) is 3.22. The third-order valence-electron chi connectivity index (χ3n) is 3.53. The molecule has 0 aromatic heterocycles. The molecule has 1 fully saturated rings. The molecule has 0 aliphatic carbocycles. The van der Waals surface area contributed by atoms with Crippen LogP contribution in [0.15, 0.2) is 23.1 Å². The van der Waals surface area contributed by atoms with E-state index in [1.807, 2.05) is 0 Å². The van der Waals surface area contributed by atoms with E-state index >= 15 is 0 Å². The summed E-state index contributed by atoms with van der Waals surface area (Å²) in [5, 5.41) is 9.37. The Bertz CT molecular complexity index is 653. The molecule has 0 atom stereocenters. The summed E-state index contributed by atoms with van der Waals surface area (Å²) in [5.41, 5.74) is -1.27. The second-order valence-electron chi connectivity index (χ2n) is 5.01. The SMILES string of the molecule is Cc1ccc(F)cc1S(=O)(=O)NC1(C(=O)O)CCOCC1. The van der Waals surface area contributed by atoms with E-state index in [9.17, 15) is 22.7 Å². The summed E-state index contributed by atoms with van der Waals surface area (Å²) in [4.78, 5) is 11.2. The van der Waals surface area contributed by atoms with Gasteiger partial charge in [-0.2, -0.15) is 4.72 Å². The van der Waals surface area contributed by atoms with Gasteiger partial charge in [0, 0.05) is 26.1 Å². The molecule has 0 amide bonds. The number of carboxylic acids is 1. The van der Waals surface area contributed by atoms with Crippen LogP contribution in [0.25, 0.3) is 0 Å². The van der Waals surface area contributed by atoms with Crippen molar-refractivity contribution >= 4 is 16.0 Å². The number of benzene rings is 1. The first kappa shape index (κ1) is 15.9. The summed E-state index contributed by atoms with van der Waals surface area (Å²) >= 11 is 0. The lowest BCUT2D eigenvalue weighted by Crippen LogP contribution is -2.57. The van der Waals surface area contributed by atoms with Crippen molar-refractivity contribution in [2.24, 2.45) is 0 Å². The molecule has 0 bridgehead atoms. The van der Waals surface area contributed by atoms with Crippen molar-refractivity contribution in [3.8, 4) is 0 Å². The van der Waals surface area contributed by atoms with Gasteiger partial charge in [0.2, 0.25) is 10.0 Å². The van der Waals surface area contributed by atoms with Crippen molar-refractivity contribution < 1.29 is 27.4 Å². The van der Waals surface area contributed by atoms with Gasteiger partial charge in [-0.1, -0.05) is 6.07 Å². The first-order valence-corrected chi connectivity index (χ1v) is 7.86. The predicted molar refractivity (Wildman–Crippen MR) is 71.9 cm³/mol. The van der Waals surface area contributed by atoms with E-state index in [0.29, 0.717) is 5.56 Å². The molecule has 2 N–H and O–H groups in total. The number of halogens is 1. The van der Waals surface area contributed by atoms with Gasteiger partial charge in [-0.05, 0) is 24.6 Å². The van der Waals surface area contributed by atoms with Crippen LogP contribution in [0, 0.1) is 12.7 Å². The third-order valence-corrected chi connectivity index (χ3v) is 5.20. The van der Waals surface area contributed by atoms with Crippen LogP contribution in [0.3, 0.4) is 0 Å². The van der Waals surface area contributed by atoms with Gasteiger partial charge in [0.25, 0.3) is 0 Å². The maximum atomic E-state index is 13.3. The van der Waals surface area contributed by atoms with Crippen LogP contribution in [-0.4, -0.2) is 38.2 Å². The van der Waals surface area contributed by atoms with Gasteiger partial charge in [0.1, 0.15) is 11.4 Å². The van der Waals surface area contributed by atoms with E-state index in [1.54, 1.807) is 0 Å². The van der Waals surface area contributed by atoms with Crippen LogP contribution >= 0.6 is 0 Å². The molecule has 1 aromatic rings. The maximum Gasteiger partial charge on any atom is 0.325 e. The summed E-state index contributed by atoms with van der Waals surface area (Å²) in [5.74, 6) is -1.96. The number of sulfonamides is 1. The average Bonchev–Trinajstić information content (AvgIpc) is 2.42. The monoisotopic (exact) mass is 317 g/mol. The minimum atomic E-state index is -4.14. The van der Waals surface area contributed by atoms with Crippen LogP contribution in [0.1, 0.15) is 18.4 Å². The quantitative estimate of drug-likeness (QED) is 0.866. The minimum absolute atomic E-state index is 0.0237. The highest BCUT2D eigenvalue weighted by molar-refractivity contribution is 7.89. The molecule has 116 valence electrons. The van der Waals surface area contributed by atoms with E-state index in [1.165, 1.54) is 13.0 Å². The Labute approximate surface area is 122 Å². The highest BCUT2D eigenvalue weighted by atomic mass is 32.2. The highest BCUT2D eigenvalue weighted by Crippen LogP contribution is 2.25. The highest BCUT2D eigenvalue weighted by Gasteiger charge is 2.44. The second kappa shape index (κ2) is 5.70. The lowest BCUT2D eigenvalue weighted by molar-refractivity contribution is -0.147. The number of hydrogen-bond donors (Lipinski definition) is 2. The molecule has 0 saturated carbocycles. The first-order chi connectivity index (χ1) is 9.77. The van der Waals surface area contributed by atoms with Gasteiger partial charge >= 0.3 is 5.97 Å². The number of carbonyl (C=O) groups is 1. The Hall–Kier alpha value is -1.51. The van der Waals surface area contributed by atoms with Crippen molar-refractivity contribution in [3.63, 3.8) is 0 Å². The van der Waals surface area contributed by atoms with Crippen LogP contribution < -0.4 is 4.72 Å². The number of aliphatic carboxylic acids is 1. The first-order valence-electron chi connectivity index (χ1n) is 6.38. The number of rotatable bonds is 4. The zero-order valence-electron chi connectivity index (χ0n) is 11.4. The van der Waals surface area contributed by atoms with Crippen LogP contribution in [-0.2, 0) is 19.6 Å². The molecule has 1 saturated heterocycles. The number of hydrogen-bond acceptors (Lipinski definition) is 4. The number of nitrogens with one attached hydrogen (secondary N) is 1. The summed E-state index contributed by atoms with van der Waals surface area (Å²) in [6, 6.07) is 3.36.